The topological polar surface area (TPSA) is 96.5 Å². The zero-order valence-corrected chi connectivity index (χ0v) is 17.5. The van der Waals surface area contributed by atoms with Gasteiger partial charge in [-0.2, -0.15) is 13.2 Å². The summed E-state index contributed by atoms with van der Waals surface area (Å²) in [6.45, 7) is 4.49. The quantitative estimate of drug-likeness (QED) is 0.694. The van der Waals surface area contributed by atoms with E-state index >= 15 is 0 Å². The summed E-state index contributed by atoms with van der Waals surface area (Å²) in [6.07, 6.45) is -2.89. The Kier molecular flexibility index (Phi) is 6.15. The molecule has 1 aliphatic carbocycles. The number of nitrogens with one attached hydrogen (secondary N) is 2. The third-order valence-electron chi connectivity index (χ3n) is 4.78. The molecule has 0 bridgehead atoms. The highest BCUT2D eigenvalue weighted by Gasteiger charge is 2.49. The van der Waals surface area contributed by atoms with E-state index in [2.05, 4.69) is 15.5 Å². The number of carbonyl (C=O) groups is 2. The van der Waals surface area contributed by atoms with Crippen LogP contribution in [0.3, 0.4) is 0 Å². The van der Waals surface area contributed by atoms with Crippen LogP contribution in [-0.4, -0.2) is 58.5 Å². The number of nitrogens with zero attached hydrogens (tertiary/aromatic N) is 3. The van der Waals surface area contributed by atoms with Crippen LogP contribution in [0.2, 0.25) is 5.15 Å². The highest BCUT2D eigenvalue weighted by molar-refractivity contribution is 6.30. The molecule has 2 atom stereocenters. The van der Waals surface area contributed by atoms with Crippen molar-refractivity contribution in [2.45, 2.75) is 58.0 Å². The average molecular weight is 450 g/mol. The summed E-state index contributed by atoms with van der Waals surface area (Å²) >= 11 is 6.18. The van der Waals surface area contributed by atoms with Gasteiger partial charge in [0.1, 0.15) is 6.04 Å². The van der Waals surface area contributed by atoms with Crippen LogP contribution in [-0.2, 0) is 9.53 Å². The zero-order chi connectivity index (χ0) is 22.3. The van der Waals surface area contributed by atoms with Gasteiger partial charge in [-0.05, 0) is 18.9 Å². The van der Waals surface area contributed by atoms with Gasteiger partial charge in [-0.1, -0.05) is 32.4 Å². The maximum atomic E-state index is 13.1. The van der Waals surface area contributed by atoms with Gasteiger partial charge in [0.05, 0.1) is 25.3 Å². The molecule has 12 heteroatoms. The van der Waals surface area contributed by atoms with Crippen LogP contribution in [0.15, 0.2) is 6.07 Å². The number of ether oxygens (including phenoxy) is 1. The van der Waals surface area contributed by atoms with E-state index in [4.69, 9.17) is 16.3 Å². The second-order valence-electron chi connectivity index (χ2n) is 8.42. The van der Waals surface area contributed by atoms with Gasteiger partial charge in [0.2, 0.25) is 5.91 Å². The first-order valence-corrected chi connectivity index (χ1v) is 9.84. The Morgan fingerprint density at radius 1 is 1.37 bits per heavy atom. The van der Waals surface area contributed by atoms with Gasteiger partial charge in [-0.3, -0.25) is 4.79 Å². The zero-order valence-electron chi connectivity index (χ0n) is 16.7. The molecule has 0 spiro atoms. The van der Waals surface area contributed by atoms with Crippen molar-refractivity contribution < 1.29 is 27.5 Å². The summed E-state index contributed by atoms with van der Waals surface area (Å²) in [5, 5.41) is 12.1. The van der Waals surface area contributed by atoms with Gasteiger partial charge in [-0.25, -0.2) is 4.79 Å². The summed E-state index contributed by atoms with van der Waals surface area (Å²) in [5.41, 5.74) is -0.459. The lowest BCUT2D eigenvalue weighted by molar-refractivity contribution is -0.150. The largest absolute Gasteiger partial charge is 0.410 e. The molecule has 3 amide bonds. The van der Waals surface area contributed by atoms with E-state index in [1.807, 2.05) is 5.32 Å². The van der Waals surface area contributed by atoms with E-state index in [0.717, 1.165) is 17.7 Å². The molecule has 2 aliphatic rings. The maximum Gasteiger partial charge on any atom is 0.410 e. The highest BCUT2D eigenvalue weighted by atomic mass is 35.5. The Morgan fingerprint density at radius 3 is 2.57 bits per heavy atom. The van der Waals surface area contributed by atoms with E-state index in [1.54, 1.807) is 20.8 Å². The second kappa shape index (κ2) is 8.18. The number of halogens is 4. The van der Waals surface area contributed by atoms with Gasteiger partial charge >= 0.3 is 12.2 Å². The van der Waals surface area contributed by atoms with E-state index in [-0.39, 0.29) is 35.2 Å². The number of alkyl halides is 3. The van der Waals surface area contributed by atoms with Gasteiger partial charge in [0.25, 0.3) is 0 Å². The molecule has 1 unspecified atom stereocenters. The minimum Gasteiger partial charge on any atom is -0.376 e. The molecule has 3 rings (SSSR count). The summed E-state index contributed by atoms with van der Waals surface area (Å²) in [7, 11) is 0. The van der Waals surface area contributed by atoms with E-state index in [1.165, 1.54) is 6.07 Å². The molecule has 1 aromatic rings. The smallest absolute Gasteiger partial charge is 0.376 e. The van der Waals surface area contributed by atoms with Gasteiger partial charge < -0.3 is 20.3 Å². The Labute approximate surface area is 176 Å². The maximum absolute atomic E-state index is 13.1. The predicted octanol–water partition coefficient (Wildman–Crippen LogP) is 3.29. The van der Waals surface area contributed by atoms with Crippen molar-refractivity contribution in [2.24, 2.45) is 5.41 Å². The summed E-state index contributed by atoms with van der Waals surface area (Å²) in [5.74, 6) is -0.246. The molecule has 30 heavy (non-hydrogen) atoms. The minimum absolute atomic E-state index is 0.00483. The molecule has 0 radical (unpaired) electrons. The van der Waals surface area contributed by atoms with Gasteiger partial charge in [0.15, 0.2) is 11.0 Å². The van der Waals surface area contributed by atoms with Gasteiger partial charge in [0, 0.05) is 11.0 Å². The fraction of sp³-hybridized carbons (Fsp3) is 0.667. The number of carbonyl (C=O) groups excluding carboxylic acids is 2. The number of hydrogen-bond acceptors (Lipinski definition) is 5. The van der Waals surface area contributed by atoms with E-state index in [0.29, 0.717) is 0 Å². The third-order valence-corrected chi connectivity index (χ3v) is 5.07. The van der Waals surface area contributed by atoms with Crippen LogP contribution in [0.5, 0.6) is 0 Å². The highest BCUT2D eigenvalue weighted by Crippen LogP contribution is 2.35. The van der Waals surface area contributed by atoms with Crippen molar-refractivity contribution in [3.8, 4) is 0 Å². The van der Waals surface area contributed by atoms with Crippen LogP contribution in [0, 0.1) is 5.41 Å². The van der Waals surface area contributed by atoms with Crippen LogP contribution in [0.1, 0.15) is 45.2 Å². The molecule has 2 fully saturated rings. The standard InChI is InChI=1S/C18H23ClF3N5O3/c1-17(2,3)15(28)24-13-6-10(14(19)26-25-13)11(8-30-9-4-5-9)27-7-12(18(20,21)22)23-16(27)29/h6,9,11-12H,4-5,7-8H2,1-3H3,(H,23,29)(H,24,25,28)/t11-,12?/m1/s1. The van der Waals surface area contributed by atoms with Crippen molar-refractivity contribution >= 4 is 29.4 Å². The fourth-order valence-electron chi connectivity index (χ4n) is 2.81. The summed E-state index contributed by atoms with van der Waals surface area (Å²) < 4.78 is 45.1. The average Bonchev–Trinajstić information content (AvgIpc) is 3.37. The van der Waals surface area contributed by atoms with Crippen LogP contribution >= 0.6 is 11.6 Å². The lowest BCUT2D eigenvalue weighted by Crippen LogP contribution is -2.40. The van der Waals surface area contributed by atoms with Crippen molar-refractivity contribution in [3.05, 3.63) is 16.8 Å². The first-order chi connectivity index (χ1) is 13.9. The van der Waals surface area contributed by atoms with Crippen molar-refractivity contribution in [1.29, 1.82) is 0 Å². The monoisotopic (exact) mass is 449 g/mol. The number of amides is 3. The minimum atomic E-state index is -4.58. The van der Waals surface area contributed by atoms with Crippen LogP contribution in [0.25, 0.3) is 0 Å². The number of anilines is 1. The number of aromatic nitrogens is 2. The molecule has 1 saturated carbocycles. The Balaban J connectivity index is 1.89. The normalized spacial score (nSPS) is 20.8. The molecule has 1 saturated heterocycles. The van der Waals surface area contributed by atoms with E-state index in [9.17, 15) is 22.8 Å². The molecular formula is C18H23ClF3N5O3. The van der Waals surface area contributed by atoms with Crippen molar-refractivity contribution in [1.82, 2.24) is 20.4 Å². The Morgan fingerprint density at radius 2 is 2.03 bits per heavy atom. The molecule has 1 aromatic heterocycles. The van der Waals surface area contributed by atoms with Crippen molar-refractivity contribution in [3.63, 3.8) is 0 Å². The summed E-state index contributed by atoms with van der Waals surface area (Å²) in [6, 6.07) is -2.39. The van der Waals surface area contributed by atoms with Gasteiger partial charge in [-0.15, -0.1) is 10.2 Å². The number of rotatable bonds is 6. The van der Waals surface area contributed by atoms with E-state index < -0.39 is 36.3 Å². The lowest BCUT2D eigenvalue weighted by Gasteiger charge is -2.28. The molecule has 2 heterocycles. The second-order valence-corrected chi connectivity index (χ2v) is 8.78. The number of urea groups is 1. The first-order valence-electron chi connectivity index (χ1n) is 9.46. The molecule has 0 aromatic carbocycles. The van der Waals surface area contributed by atoms with Crippen LogP contribution in [0.4, 0.5) is 23.8 Å². The molecule has 2 N–H and O–H groups in total. The number of hydrogen-bond donors (Lipinski definition) is 2. The van der Waals surface area contributed by atoms with Crippen molar-refractivity contribution in [2.75, 3.05) is 18.5 Å². The predicted molar refractivity (Wildman–Crippen MR) is 102 cm³/mol. The summed E-state index contributed by atoms with van der Waals surface area (Å²) in [4.78, 5) is 25.6. The lowest BCUT2D eigenvalue weighted by atomic mass is 9.96. The van der Waals surface area contributed by atoms with Crippen LogP contribution < -0.4 is 10.6 Å². The Bertz CT molecular complexity index is 826. The molecule has 1 aliphatic heterocycles. The molecule has 8 nitrogen and oxygen atoms in total. The Hall–Kier alpha value is -2.14. The molecular weight excluding hydrogens is 427 g/mol. The SMILES string of the molecule is CC(C)(C)C(=O)Nc1cc([C@@H](COC2CC2)N2CC(C(F)(F)F)NC2=O)c(Cl)nn1. The molecule has 166 valence electrons. The third kappa shape index (κ3) is 5.31. The first kappa shape index (κ1) is 22.5. The fourth-order valence-corrected chi connectivity index (χ4v) is 3.03.